The van der Waals surface area contributed by atoms with Gasteiger partial charge in [-0.25, -0.2) is 4.39 Å². The summed E-state index contributed by atoms with van der Waals surface area (Å²) >= 11 is 0. The number of aliphatic hydroxyl groups excluding tert-OH is 1. The number of nitrogens with one attached hydrogen (secondary N) is 1. The van der Waals surface area contributed by atoms with Gasteiger partial charge in [-0.3, -0.25) is 4.79 Å². The van der Waals surface area contributed by atoms with Gasteiger partial charge >= 0.3 is 0 Å². The molecule has 3 rings (SSSR count). The lowest BCUT2D eigenvalue weighted by atomic mass is 9.94. The van der Waals surface area contributed by atoms with Crippen molar-refractivity contribution in [2.75, 3.05) is 13.1 Å². The smallest absolute Gasteiger partial charge is 0.227 e. The molecule has 0 aliphatic carbocycles. The Kier molecular flexibility index (Phi) is 3.22. The second-order valence-corrected chi connectivity index (χ2v) is 5.48. The maximum Gasteiger partial charge on any atom is 0.227 e. The van der Waals surface area contributed by atoms with E-state index in [1.807, 2.05) is 0 Å². The minimum Gasteiger partial charge on any atom is -0.393 e. The number of carbonyl (C=O) groups excluding carboxylic acids is 1. The molecule has 5 heteroatoms. The number of fused-ring (bicyclic) bond motifs is 1. The minimum absolute atomic E-state index is 0.0483. The van der Waals surface area contributed by atoms with E-state index in [0.717, 1.165) is 10.9 Å². The van der Waals surface area contributed by atoms with Crippen LogP contribution >= 0.6 is 0 Å². The average molecular weight is 276 g/mol. The molecule has 4 nitrogen and oxygen atoms in total. The Labute approximate surface area is 116 Å². The first kappa shape index (κ1) is 13.1. The van der Waals surface area contributed by atoms with Crippen molar-refractivity contribution in [2.45, 2.75) is 19.4 Å². The first-order chi connectivity index (χ1) is 9.54. The van der Waals surface area contributed by atoms with Crippen LogP contribution in [-0.2, 0) is 11.2 Å². The van der Waals surface area contributed by atoms with Gasteiger partial charge in [0.2, 0.25) is 5.91 Å². The Morgan fingerprint density at radius 2 is 2.30 bits per heavy atom. The normalized spacial score (nSPS) is 17.2. The highest BCUT2D eigenvalue weighted by molar-refractivity contribution is 5.89. The summed E-state index contributed by atoms with van der Waals surface area (Å²) in [6.45, 7) is 2.99. The molecule has 2 heterocycles. The van der Waals surface area contributed by atoms with Crippen LogP contribution in [0.3, 0.4) is 0 Å². The van der Waals surface area contributed by atoms with Crippen LogP contribution in [0.15, 0.2) is 24.4 Å². The summed E-state index contributed by atoms with van der Waals surface area (Å²) in [5, 5.41) is 10.3. The Morgan fingerprint density at radius 1 is 1.55 bits per heavy atom. The number of aromatic amines is 1. The summed E-state index contributed by atoms with van der Waals surface area (Å²) in [5.41, 5.74) is 1.59. The van der Waals surface area contributed by atoms with Crippen molar-refractivity contribution < 1.29 is 14.3 Å². The quantitative estimate of drug-likeness (QED) is 0.896. The molecule has 1 unspecified atom stereocenters. The van der Waals surface area contributed by atoms with Crippen LogP contribution in [-0.4, -0.2) is 40.1 Å². The van der Waals surface area contributed by atoms with Crippen molar-refractivity contribution >= 4 is 16.8 Å². The number of hydrogen-bond acceptors (Lipinski definition) is 2. The number of rotatable bonds is 3. The first-order valence-corrected chi connectivity index (χ1v) is 6.76. The zero-order chi connectivity index (χ0) is 14.3. The van der Waals surface area contributed by atoms with E-state index in [-0.39, 0.29) is 23.7 Å². The van der Waals surface area contributed by atoms with Crippen LogP contribution in [0.1, 0.15) is 12.5 Å². The fourth-order valence-electron chi connectivity index (χ4n) is 2.60. The van der Waals surface area contributed by atoms with Gasteiger partial charge in [0.1, 0.15) is 5.82 Å². The lowest BCUT2D eigenvalue weighted by Gasteiger charge is -2.40. The van der Waals surface area contributed by atoms with Crippen LogP contribution in [0.2, 0.25) is 0 Å². The van der Waals surface area contributed by atoms with Crippen LogP contribution in [0, 0.1) is 11.7 Å². The van der Waals surface area contributed by atoms with Gasteiger partial charge in [0.25, 0.3) is 0 Å². The fraction of sp³-hybridized carbons (Fsp3) is 0.400. The Bertz CT molecular complexity index is 644. The van der Waals surface area contributed by atoms with Gasteiger partial charge in [0, 0.05) is 36.1 Å². The third-order valence-electron chi connectivity index (χ3n) is 4.02. The molecule has 2 N–H and O–H groups in total. The molecule has 1 atom stereocenters. The Hall–Kier alpha value is -1.88. The van der Waals surface area contributed by atoms with E-state index in [9.17, 15) is 14.3 Å². The number of likely N-dealkylation sites (tertiary alicyclic amines) is 1. The number of benzene rings is 1. The molecular formula is C15H17FN2O2. The van der Waals surface area contributed by atoms with Crippen molar-refractivity contribution in [1.29, 1.82) is 0 Å². The summed E-state index contributed by atoms with van der Waals surface area (Å²) in [4.78, 5) is 16.9. The zero-order valence-electron chi connectivity index (χ0n) is 11.3. The van der Waals surface area contributed by atoms with E-state index in [2.05, 4.69) is 4.98 Å². The second-order valence-electron chi connectivity index (χ2n) is 5.48. The van der Waals surface area contributed by atoms with Crippen LogP contribution in [0.25, 0.3) is 10.9 Å². The maximum absolute atomic E-state index is 13.1. The molecule has 1 aliphatic rings. The van der Waals surface area contributed by atoms with Crippen molar-refractivity contribution in [3.63, 3.8) is 0 Å². The third-order valence-corrected chi connectivity index (χ3v) is 4.02. The fourth-order valence-corrected chi connectivity index (χ4v) is 2.60. The van der Waals surface area contributed by atoms with Gasteiger partial charge in [-0.05, 0) is 30.7 Å². The average Bonchev–Trinajstić information content (AvgIpc) is 2.69. The molecule has 0 radical (unpaired) electrons. The van der Waals surface area contributed by atoms with E-state index >= 15 is 0 Å². The van der Waals surface area contributed by atoms with E-state index in [4.69, 9.17) is 0 Å². The Balaban J connectivity index is 1.69. The molecular weight excluding hydrogens is 259 g/mol. The molecule has 106 valence electrons. The number of aromatic nitrogens is 1. The molecule has 0 spiro atoms. The molecule has 1 aliphatic heterocycles. The standard InChI is InChI=1S/C15H17FN2O2/c1-9(19)11-7-18(8-11)15(20)4-10-6-17-14-5-12(16)2-3-13(10)14/h2-3,5-6,9,11,17,19H,4,7-8H2,1H3. The minimum atomic E-state index is -0.366. The Morgan fingerprint density at radius 3 is 3.00 bits per heavy atom. The molecule has 1 aromatic heterocycles. The third kappa shape index (κ3) is 2.29. The molecule has 1 aromatic carbocycles. The van der Waals surface area contributed by atoms with Gasteiger partial charge in [-0.15, -0.1) is 0 Å². The van der Waals surface area contributed by atoms with Gasteiger partial charge in [0.05, 0.1) is 12.5 Å². The number of aliphatic hydroxyl groups is 1. The summed E-state index contributed by atoms with van der Waals surface area (Å²) < 4.78 is 13.1. The monoisotopic (exact) mass is 276 g/mol. The summed E-state index contributed by atoms with van der Waals surface area (Å²) in [6.07, 6.45) is 1.70. The van der Waals surface area contributed by atoms with Crippen molar-refractivity contribution in [1.82, 2.24) is 9.88 Å². The second kappa shape index (κ2) is 4.90. The number of H-pyrrole nitrogens is 1. The molecule has 1 saturated heterocycles. The highest BCUT2D eigenvalue weighted by Gasteiger charge is 2.33. The number of hydrogen-bond donors (Lipinski definition) is 2. The van der Waals surface area contributed by atoms with Gasteiger partial charge in [-0.1, -0.05) is 0 Å². The number of amides is 1. The molecule has 0 bridgehead atoms. The SMILES string of the molecule is CC(O)C1CN(C(=O)Cc2c[nH]c3cc(F)ccc23)C1. The summed E-state index contributed by atoms with van der Waals surface area (Å²) in [5.74, 6) is -0.0529. The van der Waals surface area contributed by atoms with Crippen molar-refractivity contribution in [3.8, 4) is 0 Å². The van der Waals surface area contributed by atoms with Gasteiger partial charge in [-0.2, -0.15) is 0 Å². The van der Waals surface area contributed by atoms with E-state index in [1.165, 1.54) is 12.1 Å². The van der Waals surface area contributed by atoms with Crippen LogP contribution < -0.4 is 0 Å². The molecule has 1 fully saturated rings. The van der Waals surface area contributed by atoms with Crippen molar-refractivity contribution in [3.05, 3.63) is 35.8 Å². The summed E-state index contributed by atoms with van der Waals surface area (Å²) in [7, 11) is 0. The lowest BCUT2D eigenvalue weighted by Crippen LogP contribution is -2.54. The highest BCUT2D eigenvalue weighted by Crippen LogP contribution is 2.23. The summed E-state index contributed by atoms with van der Waals surface area (Å²) in [6, 6.07) is 4.52. The predicted molar refractivity (Wildman–Crippen MR) is 73.7 cm³/mol. The molecule has 0 saturated carbocycles. The highest BCUT2D eigenvalue weighted by atomic mass is 19.1. The topological polar surface area (TPSA) is 56.3 Å². The predicted octanol–water partition coefficient (Wildman–Crippen LogP) is 1.69. The zero-order valence-corrected chi connectivity index (χ0v) is 11.3. The lowest BCUT2D eigenvalue weighted by molar-refractivity contribution is -0.139. The largest absolute Gasteiger partial charge is 0.393 e. The molecule has 1 amide bonds. The number of halogens is 1. The van der Waals surface area contributed by atoms with E-state index < -0.39 is 0 Å². The van der Waals surface area contributed by atoms with Crippen LogP contribution in [0.4, 0.5) is 4.39 Å². The molecule has 20 heavy (non-hydrogen) atoms. The molecule has 2 aromatic rings. The first-order valence-electron chi connectivity index (χ1n) is 6.76. The van der Waals surface area contributed by atoms with Crippen molar-refractivity contribution in [2.24, 2.45) is 5.92 Å². The van der Waals surface area contributed by atoms with E-state index in [1.54, 1.807) is 24.1 Å². The van der Waals surface area contributed by atoms with E-state index in [0.29, 0.717) is 25.0 Å². The van der Waals surface area contributed by atoms with Gasteiger partial charge in [0.15, 0.2) is 0 Å². The number of carbonyl (C=O) groups is 1. The number of nitrogens with zero attached hydrogens (tertiary/aromatic N) is 1. The van der Waals surface area contributed by atoms with Crippen LogP contribution in [0.5, 0.6) is 0 Å². The van der Waals surface area contributed by atoms with Gasteiger partial charge < -0.3 is 15.0 Å². The maximum atomic E-state index is 13.1.